The van der Waals surface area contributed by atoms with Crippen LogP contribution in [0.2, 0.25) is 5.02 Å². The molecule has 0 radical (unpaired) electrons. The summed E-state index contributed by atoms with van der Waals surface area (Å²) in [5, 5.41) is 9.62. The normalized spacial score (nSPS) is 10.7. The van der Waals surface area contributed by atoms with Gasteiger partial charge >= 0.3 is 0 Å². The maximum atomic E-state index is 12.0. The molecule has 2 aromatic rings. The zero-order valence-corrected chi connectivity index (χ0v) is 12.9. The standard InChI is InChI=1S/C17H15ClO4/c1-21-16-10-11(9-14(18)17(16)22-2)3-8-15(20)12-4-6-13(19)7-5-12/h3-10,19H,1-2H3. The van der Waals surface area contributed by atoms with Crippen LogP contribution in [0.3, 0.4) is 0 Å². The number of ketones is 1. The Balaban J connectivity index is 2.24. The molecule has 1 N–H and O–H groups in total. The number of halogens is 1. The molecule has 0 unspecified atom stereocenters. The van der Waals surface area contributed by atoms with E-state index in [-0.39, 0.29) is 11.5 Å². The van der Waals surface area contributed by atoms with Crippen LogP contribution >= 0.6 is 11.6 Å². The molecule has 114 valence electrons. The highest BCUT2D eigenvalue weighted by atomic mass is 35.5. The first-order chi connectivity index (χ1) is 10.5. The summed E-state index contributed by atoms with van der Waals surface area (Å²) in [6, 6.07) is 9.46. The minimum absolute atomic E-state index is 0.118. The smallest absolute Gasteiger partial charge is 0.185 e. The summed E-state index contributed by atoms with van der Waals surface area (Å²) in [5.41, 5.74) is 1.20. The summed E-state index contributed by atoms with van der Waals surface area (Å²) in [6.45, 7) is 0. The fourth-order valence-corrected chi connectivity index (χ4v) is 2.22. The summed E-state index contributed by atoms with van der Waals surface area (Å²) in [5.74, 6) is 0.885. The third-order valence-corrected chi connectivity index (χ3v) is 3.32. The van der Waals surface area contributed by atoms with E-state index >= 15 is 0 Å². The van der Waals surface area contributed by atoms with Gasteiger partial charge in [-0.3, -0.25) is 4.79 Å². The molecule has 0 heterocycles. The maximum absolute atomic E-state index is 12.0. The average Bonchev–Trinajstić information content (AvgIpc) is 2.52. The van der Waals surface area contributed by atoms with Gasteiger partial charge in [0.2, 0.25) is 0 Å². The zero-order chi connectivity index (χ0) is 16.1. The number of aromatic hydroxyl groups is 1. The van der Waals surface area contributed by atoms with Crippen molar-refractivity contribution >= 4 is 23.5 Å². The first-order valence-corrected chi connectivity index (χ1v) is 6.86. The molecule has 0 aliphatic rings. The topological polar surface area (TPSA) is 55.8 Å². The predicted octanol–water partition coefficient (Wildman–Crippen LogP) is 3.96. The predicted molar refractivity (Wildman–Crippen MR) is 86.0 cm³/mol. The van der Waals surface area contributed by atoms with Crippen molar-refractivity contribution in [3.63, 3.8) is 0 Å². The van der Waals surface area contributed by atoms with Crippen LogP contribution in [-0.2, 0) is 0 Å². The Morgan fingerprint density at radius 2 is 1.82 bits per heavy atom. The number of hydrogen-bond acceptors (Lipinski definition) is 4. The van der Waals surface area contributed by atoms with Gasteiger partial charge in [-0.1, -0.05) is 17.7 Å². The summed E-state index contributed by atoms with van der Waals surface area (Å²) in [7, 11) is 3.02. The van der Waals surface area contributed by atoms with Gasteiger partial charge < -0.3 is 14.6 Å². The van der Waals surface area contributed by atoms with Crippen LogP contribution in [0.5, 0.6) is 17.2 Å². The van der Waals surface area contributed by atoms with Gasteiger partial charge in [-0.2, -0.15) is 0 Å². The number of rotatable bonds is 5. The van der Waals surface area contributed by atoms with E-state index in [2.05, 4.69) is 0 Å². The fraction of sp³-hybridized carbons (Fsp3) is 0.118. The van der Waals surface area contributed by atoms with Gasteiger partial charge in [-0.15, -0.1) is 0 Å². The van der Waals surface area contributed by atoms with Gasteiger partial charge in [0.15, 0.2) is 17.3 Å². The van der Waals surface area contributed by atoms with Crippen LogP contribution in [0, 0.1) is 0 Å². The SMILES string of the molecule is COc1cc(C=CC(=O)c2ccc(O)cc2)cc(Cl)c1OC. The van der Waals surface area contributed by atoms with Crippen LogP contribution < -0.4 is 9.47 Å². The monoisotopic (exact) mass is 318 g/mol. The van der Waals surface area contributed by atoms with Gasteiger partial charge in [-0.25, -0.2) is 0 Å². The molecule has 0 aliphatic carbocycles. The molecule has 5 heteroatoms. The highest BCUT2D eigenvalue weighted by molar-refractivity contribution is 6.32. The van der Waals surface area contributed by atoms with E-state index in [0.29, 0.717) is 22.1 Å². The lowest BCUT2D eigenvalue weighted by Gasteiger charge is -2.10. The second kappa shape index (κ2) is 7.00. The summed E-state index contributed by atoms with van der Waals surface area (Å²) < 4.78 is 10.4. The second-order valence-electron chi connectivity index (χ2n) is 4.48. The van der Waals surface area contributed by atoms with E-state index in [9.17, 15) is 9.90 Å². The van der Waals surface area contributed by atoms with Crippen LogP contribution in [0.4, 0.5) is 0 Å². The van der Waals surface area contributed by atoms with Gasteiger partial charge in [0, 0.05) is 5.56 Å². The highest BCUT2D eigenvalue weighted by Crippen LogP contribution is 2.36. The number of carbonyl (C=O) groups excluding carboxylic acids is 1. The molecule has 0 fully saturated rings. The third kappa shape index (κ3) is 3.59. The molecular weight excluding hydrogens is 304 g/mol. The van der Waals surface area contributed by atoms with Gasteiger partial charge in [-0.05, 0) is 48.0 Å². The maximum Gasteiger partial charge on any atom is 0.185 e. The summed E-state index contributed by atoms with van der Waals surface area (Å²) in [6.07, 6.45) is 3.08. The average molecular weight is 319 g/mol. The van der Waals surface area contributed by atoms with Crippen LogP contribution in [0.15, 0.2) is 42.5 Å². The Bertz CT molecular complexity index is 705. The Kier molecular flexibility index (Phi) is 5.07. The molecule has 22 heavy (non-hydrogen) atoms. The van der Waals surface area contributed by atoms with E-state index < -0.39 is 0 Å². The Morgan fingerprint density at radius 3 is 2.41 bits per heavy atom. The van der Waals surface area contributed by atoms with Crippen molar-refractivity contribution in [1.29, 1.82) is 0 Å². The lowest BCUT2D eigenvalue weighted by Crippen LogP contribution is -1.94. The van der Waals surface area contributed by atoms with Crippen molar-refractivity contribution < 1.29 is 19.4 Å². The molecule has 0 bridgehead atoms. The van der Waals surface area contributed by atoms with E-state index in [4.69, 9.17) is 21.1 Å². The number of ether oxygens (including phenoxy) is 2. The highest BCUT2D eigenvalue weighted by Gasteiger charge is 2.10. The van der Waals surface area contributed by atoms with E-state index in [1.807, 2.05) is 0 Å². The van der Waals surface area contributed by atoms with Crippen LogP contribution in [-0.4, -0.2) is 25.1 Å². The van der Waals surface area contributed by atoms with Crippen LogP contribution in [0.25, 0.3) is 6.08 Å². The van der Waals surface area contributed by atoms with Crippen molar-refractivity contribution in [1.82, 2.24) is 0 Å². The van der Waals surface area contributed by atoms with Gasteiger partial charge in [0.05, 0.1) is 19.2 Å². The second-order valence-corrected chi connectivity index (χ2v) is 4.89. The van der Waals surface area contributed by atoms with E-state index in [1.165, 1.54) is 32.4 Å². The van der Waals surface area contributed by atoms with E-state index in [1.54, 1.807) is 30.3 Å². The molecule has 0 aromatic heterocycles. The fourth-order valence-electron chi connectivity index (χ4n) is 1.93. The van der Waals surface area contributed by atoms with Gasteiger partial charge in [0.25, 0.3) is 0 Å². The van der Waals surface area contributed by atoms with Crippen molar-refractivity contribution in [2.75, 3.05) is 14.2 Å². The number of allylic oxidation sites excluding steroid dienone is 1. The van der Waals surface area contributed by atoms with Crippen molar-refractivity contribution in [3.8, 4) is 17.2 Å². The quantitative estimate of drug-likeness (QED) is 0.669. The number of methoxy groups -OCH3 is 2. The first kappa shape index (κ1) is 15.9. The minimum atomic E-state index is -0.175. The van der Waals surface area contributed by atoms with Gasteiger partial charge in [0.1, 0.15) is 5.75 Å². The van der Waals surface area contributed by atoms with Crippen molar-refractivity contribution in [2.45, 2.75) is 0 Å². The molecule has 0 aliphatic heterocycles. The lowest BCUT2D eigenvalue weighted by atomic mass is 10.1. The lowest BCUT2D eigenvalue weighted by molar-refractivity contribution is 0.104. The molecule has 2 aromatic carbocycles. The molecule has 0 atom stereocenters. The zero-order valence-electron chi connectivity index (χ0n) is 12.2. The van der Waals surface area contributed by atoms with Crippen LogP contribution in [0.1, 0.15) is 15.9 Å². The Morgan fingerprint density at radius 1 is 1.14 bits per heavy atom. The van der Waals surface area contributed by atoms with Crippen molar-refractivity contribution in [3.05, 3.63) is 58.6 Å². The molecule has 0 amide bonds. The summed E-state index contributed by atoms with van der Waals surface area (Å²) >= 11 is 6.11. The number of phenolic OH excluding ortho intramolecular Hbond substituents is 1. The largest absolute Gasteiger partial charge is 0.508 e. The van der Waals surface area contributed by atoms with Crippen molar-refractivity contribution in [2.24, 2.45) is 0 Å². The molecule has 4 nitrogen and oxygen atoms in total. The Hall–Kier alpha value is -2.46. The number of benzene rings is 2. The minimum Gasteiger partial charge on any atom is -0.508 e. The molecule has 0 saturated carbocycles. The Labute approximate surface area is 133 Å². The third-order valence-electron chi connectivity index (χ3n) is 3.03. The number of carbonyl (C=O) groups is 1. The molecule has 2 rings (SSSR count). The number of phenols is 1. The molecule has 0 saturated heterocycles. The first-order valence-electron chi connectivity index (χ1n) is 6.48. The number of hydrogen-bond donors (Lipinski definition) is 1. The molecule has 0 spiro atoms. The molecular formula is C17H15ClO4. The van der Waals surface area contributed by atoms with E-state index in [0.717, 1.165) is 5.56 Å². The summed E-state index contributed by atoms with van der Waals surface area (Å²) in [4.78, 5) is 12.0.